The van der Waals surface area contributed by atoms with Crippen molar-refractivity contribution in [2.75, 3.05) is 44.6 Å². The van der Waals surface area contributed by atoms with E-state index in [0.29, 0.717) is 63.6 Å². The fourth-order valence-electron chi connectivity index (χ4n) is 8.37. The van der Waals surface area contributed by atoms with E-state index in [1.807, 2.05) is 24.0 Å². The molecule has 250 valence electrons. The Morgan fingerprint density at radius 1 is 1.00 bits per heavy atom. The predicted octanol–water partition coefficient (Wildman–Crippen LogP) is 4.63. The van der Waals surface area contributed by atoms with Crippen molar-refractivity contribution in [2.24, 2.45) is 11.8 Å². The van der Waals surface area contributed by atoms with Crippen LogP contribution in [-0.2, 0) is 22.4 Å². The zero-order chi connectivity index (χ0) is 32.5. The SMILES string of the molecule is Cc1cc(C[C@@H](NC(=O)N2CCC(C3Cc4cccc(F)c4NC3=O)CC2)C(=O)N2CCC(N3CCCCC3)CC2)cc2cn[nH]c12. The van der Waals surface area contributed by atoms with Crippen molar-refractivity contribution < 1.29 is 18.8 Å². The summed E-state index contributed by atoms with van der Waals surface area (Å²) in [7, 11) is 0. The molecule has 4 aliphatic heterocycles. The maximum atomic E-state index is 14.2. The Kier molecular flexibility index (Phi) is 9.16. The second kappa shape index (κ2) is 13.6. The summed E-state index contributed by atoms with van der Waals surface area (Å²) in [4.78, 5) is 47.1. The standard InChI is InChI=1S/C36H46FN7O3/c1-23-18-24(19-27-22-38-41-32(23)27)20-31(35(46)43-16-10-28(11-17-43)42-12-3-2-4-13-42)39-36(47)44-14-8-25(9-15-44)29-21-26-6-5-7-30(37)33(26)40-34(29)45/h5-7,18-19,22,25,28-29,31H,2-4,8-17,20-21H2,1H3,(H,38,41)(H,39,47)(H,40,45)/t29?,31-/m1/s1. The lowest BCUT2D eigenvalue weighted by Crippen LogP contribution is -2.56. The van der Waals surface area contributed by atoms with Crippen LogP contribution in [-0.4, -0.2) is 94.1 Å². The highest BCUT2D eigenvalue weighted by atomic mass is 19.1. The van der Waals surface area contributed by atoms with Crippen molar-refractivity contribution in [3.8, 4) is 0 Å². The molecule has 2 atom stereocenters. The van der Waals surface area contributed by atoms with E-state index >= 15 is 0 Å². The average molecular weight is 644 g/mol. The van der Waals surface area contributed by atoms with Gasteiger partial charge in [0.25, 0.3) is 0 Å². The van der Waals surface area contributed by atoms with Gasteiger partial charge in [-0.3, -0.25) is 14.7 Å². The van der Waals surface area contributed by atoms with Gasteiger partial charge in [0.1, 0.15) is 11.9 Å². The zero-order valence-corrected chi connectivity index (χ0v) is 27.3. The third kappa shape index (κ3) is 6.72. The minimum atomic E-state index is -0.689. The number of aromatic nitrogens is 2. The quantitative estimate of drug-likeness (QED) is 0.363. The van der Waals surface area contributed by atoms with Crippen LogP contribution in [0.5, 0.6) is 0 Å². The first kappa shape index (κ1) is 31.6. The first-order chi connectivity index (χ1) is 22.8. The zero-order valence-electron chi connectivity index (χ0n) is 27.3. The summed E-state index contributed by atoms with van der Waals surface area (Å²) >= 11 is 0. The third-order valence-corrected chi connectivity index (χ3v) is 11.0. The number of rotatable bonds is 6. The lowest BCUT2D eigenvalue weighted by atomic mass is 9.78. The number of anilines is 1. The Morgan fingerprint density at radius 3 is 2.51 bits per heavy atom. The molecule has 47 heavy (non-hydrogen) atoms. The number of benzene rings is 2. The number of carbonyl (C=O) groups is 3. The Morgan fingerprint density at radius 2 is 1.74 bits per heavy atom. The predicted molar refractivity (Wildman–Crippen MR) is 178 cm³/mol. The van der Waals surface area contributed by atoms with E-state index in [-0.39, 0.29) is 29.7 Å². The number of H-pyrrole nitrogens is 1. The topological polar surface area (TPSA) is 114 Å². The Labute approximate surface area is 275 Å². The number of amides is 4. The molecule has 4 amide bonds. The molecule has 3 aromatic rings. The van der Waals surface area contributed by atoms with Gasteiger partial charge in [-0.1, -0.05) is 24.6 Å². The van der Waals surface area contributed by atoms with Crippen molar-refractivity contribution in [3.05, 3.63) is 59.0 Å². The smallest absolute Gasteiger partial charge is 0.318 e. The van der Waals surface area contributed by atoms with Crippen LogP contribution in [0.25, 0.3) is 10.9 Å². The number of hydrogen-bond acceptors (Lipinski definition) is 5. The van der Waals surface area contributed by atoms with Gasteiger partial charge in [-0.15, -0.1) is 0 Å². The highest BCUT2D eigenvalue weighted by molar-refractivity contribution is 5.96. The first-order valence-corrected chi connectivity index (χ1v) is 17.4. The van der Waals surface area contributed by atoms with E-state index in [1.54, 1.807) is 17.2 Å². The summed E-state index contributed by atoms with van der Waals surface area (Å²) < 4.78 is 14.2. The summed E-state index contributed by atoms with van der Waals surface area (Å²) in [6.07, 6.45) is 9.79. The number of para-hydroxylation sites is 1. The van der Waals surface area contributed by atoms with Crippen LogP contribution < -0.4 is 10.6 Å². The molecule has 0 saturated carbocycles. The molecule has 0 bridgehead atoms. The van der Waals surface area contributed by atoms with Gasteiger partial charge < -0.3 is 25.3 Å². The monoisotopic (exact) mass is 643 g/mol. The number of likely N-dealkylation sites (tertiary alicyclic amines) is 3. The normalized spacial score (nSPS) is 22.2. The van der Waals surface area contributed by atoms with Crippen LogP contribution in [0.4, 0.5) is 14.9 Å². The Balaban J connectivity index is 1.01. The maximum Gasteiger partial charge on any atom is 0.318 e. The fraction of sp³-hybridized carbons (Fsp3) is 0.556. The van der Waals surface area contributed by atoms with Gasteiger partial charge in [-0.05, 0) is 99.7 Å². The number of fused-ring (bicyclic) bond motifs is 2. The second-order valence-corrected chi connectivity index (χ2v) is 14.0. The van der Waals surface area contributed by atoms with Crippen molar-refractivity contribution in [1.29, 1.82) is 0 Å². The maximum absolute atomic E-state index is 14.2. The van der Waals surface area contributed by atoms with Crippen LogP contribution in [0.2, 0.25) is 0 Å². The number of hydrogen-bond donors (Lipinski definition) is 3. The fourth-order valence-corrected chi connectivity index (χ4v) is 8.37. The van der Waals surface area contributed by atoms with Gasteiger partial charge >= 0.3 is 6.03 Å². The Hall–Kier alpha value is -3.99. The van der Waals surface area contributed by atoms with Gasteiger partial charge in [-0.2, -0.15) is 5.10 Å². The van der Waals surface area contributed by atoms with E-state index in [4.69, 9.17) is 0 Å². The molecule has 0 spiro atoms. The van der Waals surface area contributed by atoms with Gasteiger partial charge in [0.05, 0.1) is 17.4 Å². The molecule has 3 N–H and O–H groups in total. The van der Waals surface area contributed by atoms with Crippen LogP contribution in [0.3, 0.4) is 0 Å². The van der Waals surface area contributed by atoms with E-state index in [2.05, 4.69) is 31.8 Å². The van der Waals surface area contributed by atoms with Gasteiger partial charge in [0, 0.05) is 49.9 Å². The highest BCUT2D eigenvalue weighted by Gasteiger charge is 2.38. The van der Waals surface area contributed by atoms with Crippen LogP contribution in [0.15, 0.2) is 36.5 Å². The largest absolute Gasteiger partial charge is 0.341 e. The summed E-state index contributed by atoms with van der Waals surface area (Å²) in [6, 6.07) is 8.62. The van der Waals surface area contributed by atoms with Crippen LogP contribution in [0, 0.1) is 24.6 Å². The molecule has 5 heterocycles. The molecule has 11 heteroatoms. The number of nitrogens with zero attached hydrogens (tertiary/aromatic N) is 4. The molecule has 10 nitrogen and oxygen atoms in total. The number of nitrogens with one attached hydrogen (secondary N) is 3. The number of piperidine rings is 3. The van der Waals surface area contributed by atoms with E-state index < -0.39 is 11.9 Å². The summed E-state index contributed by atoms with van der Waals surface area (Å²) in [5, 5.41) is 14.1. The second-order valence-electron chi connectivity index (χ2n) is 14.0. The van der Waals surface area contributed by atoms with Crippen molar-refractivity contribution in [3.63, 3.8) is 0 Å². The minimum Gasteiger partial charge on any atom is -0.341 e. The molecule has 3 saturated heterocycles. The number of carbonyl (C=O) groups excluding carboxylic acids is 3. The molecule has 2 aromatic carbocycles. The number of aryl methyl sites for hydroxylation is 1. The molecular weight excluding hydrogens is 597 g/mol. The Bertz CT molecular complexity index is 1620. The molecular formula is C36H46FN7O3. The van der Waals surface area contributed by atoms with Gasteiger partial charge in [0.2, 0.25) is 11.8 Å². The highest BCUT2D eigenvalue weighted by Crippen LogP contribution is 2.35. The van der Waals surface area contributed by atoms with Crippen molar-refractivity contribution in [2.45, 2.75) is 76.8 Å². The number of aromatic amines is 1. The average Bonchev–Trinajstić information content (AvgIpc) is 3.58. The minimum absolute atomic E-state index is 0.0277. The van der Waals surface area contributed by atoms with E-state index in [9.17, 15) is 18.8 Å². The first-order valence-electron chi connectivity index (χ1n) is 17.4. The van der Waals surface area contributed by atoms with E-state index in [0.717, 1.165) is 53.5 Å². The summed E-state index contributed by atoms with van der Waals surface area (Å²) in [6.45, 7) is 6.73. The van der Waals surface area contributed by atoms with Crippen molar-refractivity contribution in [1.82, 2.24) is 30.2 Å². The van der Waals surface area contributed by atoms with Gasteiger partial charge in [0.15, 0.2) is 0 Å². The van der Waals surface area contributed by atoms with Crippen LogP contribution in [0.1, 0.15) is 61.6 Å². The number of urea groups is 1. The lowest BCUT2D eigenvalue weighted by molar-refractivity contribution is -0.135. The molecule has 0 aliphatic carbocycles. The van der Waals surface area contributed by atoms with Gasteiger partial charge in [-0.25, -0.2) is 9.18 Å². The summed E-state index contributed by atoms with van der Waals surface area (Å²) in [5.41, 5.74) is 4.12. The van der Waals surface area contributed by atoms with Crippen molar-refractivity contribution >= 4 is 34.4 Å². The molecule has 0 radical (unpaired) electrons. The van der Waals surface area contributed by atoms with E-state index in [1.165, 1.54) is 25.3 Å². The number of halogens is 1. The molecule has 4 aliphatic rings. The third-order valence-electron chi connectivity index (χ3n) is 11.0. The van der Waals surface area contributed by atoms with Crippen LogP contribution >= 0.6 is 0 Å². The molecule has 3 fully saturated rings. The molecule has 1 unspecified atom stereocenters. The molecule has 1 aromatic heterocycles. The summed E-state index contributed by atoms with van der Waals surface area (Å²) in [5.74, 6) is -0.738. The lowest BCUT2D eigenvalue weighted by Gasteiger charge is -2.41. The molecule has 7 rings (SSSR count).